The second-order valence-corrected chi connectivity index (χ2v) is 6.51. The maximum atomic E-state index is 5.78. The van der Waals surface area contributed by atoms with E-state index in [4.69, 9.17) is 9.47 Å². The van der Waals surface area contributed by atoms with Crippen molar-refractivity contribution >= 4 is 21.7 Å². The summed E-state index contributed by atoms with van der Waals surface area (Å²) in [5.74, 6) is 1.84. The smallest absolute Gasteiger partial charge is 0.129 e. The van der Waals surface area contributed by atoms with Crippen LogP contribution in [0.2, 0.25) is 0 Å². The summed E-state index contributed by atoms with van der Waals surface area (Å²) in [5.41, 5.74) is 1.02. The van der Waals surface area contributed by atoms with Crippen LogP contribution in [0, 0.1) is 12.8 Å². The molecule has 5 heteroatoms. The average Bonchev–Trinajstić information content (AvgIpc) is 3.26. The Bertz CT molecular complexity index is 465. The number of nitrogens with zero attached hydrogens (tertiary/aromatic N) is 2. The van der Waals surface area contributed by atoms with E-state index in [0.717, 1.165) is 48.2 Å². The Labute approximate surface area is 128 Å². The molecule has 1 aliphatic carbocycles. The predicted molar refractivity (Wildman–Crippen MR) is 82.2 cm³/mol. The Balaban J connectivity index is 1.54. The van der Waals surface area contributed by atoms with Crippen molar-refractivity contribution in [3.05, 3.63) is 22.3 Å². The van der Waals surface area contributed by atoms with Gasteiger partial charge in [0.1, 0.15) is 5.82 Å². The molecule has 2 heterocycles. The van der Waals surface area contributed by atoms with Gasteiger partial charge < -0.3 is 14.4 Å². The Morgan fingerprint density at radius 3 is 3.00 bits per heavy atom. The van der Waals surface area contributed by atoms with Crippen LogP contribution in [0.1, 0.15) is 18.5 Å². The van der Waals surface area contributed by atoms with Gasteiger partial charge in [-0.2, -0.15) is 0 Å². The molecule has 1 atom stereocenters. The van der Waals surface area contributed by atoms with Gasteiger partial charge in [-0.1, -0.05) is 0 Å². The first kappa shape index (κ1) is 14.3. The molecule has 0 amide bonds. The van der Waals surface area contributed by atoms with Gasteiger partial charge in [-0.15, -0.1) is 0 Å². The first-order chi connectivity index (χ1) is 9.72. The quantitative estimate of drug-likeness (QED) is 0.825. The molecule has 0 radical (unpaired) electrons. The highest BCUT2D eigenvalue weighted by Crippen LogP contribution is 2.29. The molecule has 0 unspecified atom stereocenters. The van der Waals surface area contributed by atoms with Gasteiger partial charge in [0.2, 0.25) is 0 Å². The number of ether oxygens (including phenoxy) is 2. The van der Waals surface area contributed by atoms with Crippen LogP contribution in [0.15, 0.2) is 16.6 Å². The molecule has 0 aromatic carbocycles. The van der Waals surface area contributed by atoms with Crippen molar-refractivity contribution in [3.63, 3.8) is 0 Å². The minimum atomic E-state index is 0.160. The number of hydrogen-bond donors (Lipinski definition) is 0. The van der Waals surface area contributed by atoms with E-state index in [1.54, 1.807) is 0 Å². The molecule has 1 saturated heterocycles. The number of aromatic nitrogens is 1. The lowest BCUT2D eigenvalue weighted by Gasteiger charge is -2.33. The lowest BCUT2D eigenvalue weighted by Crippen LogP contribution is -2.45. The first-order valence-electron chi connectivity index (χ1n) is 7.30. The van der Waals surface area contributed by atoms with Crippen molar-refractivity contribution < 1.29 is 9.47 Å². The Hall–Kier alpha value is -0.650. The van der Waals surface area contributed by atoms with Crippen LogP contribution in [0.4, 0.5) is 5.82 Å². The fraction of sp³-hybridized carbons (Fsp3) is 0.667. The Morgan fingerprint density at radius 2 is 2.25 bits per heavy atom. The van der Waals surface area contributed by atoms with Gasteiger partial charge >= 0.3 is 0 Å². The van der Waals surface area contributed by atoms with Gasteiger partial charge in [0.25, 0.3) is 0 Å². The SMILES string of the molecule is Cc1nc(N2CCO[C@@H](COCC3CC3)C2)ccc1Br. The van der Waals surface area contributed by atoms with Gasteiger partial charge in [-0.05, 0) is 53.7 Å². The maximum absolute atomic E-state index is 5.78. The number of hydrogen-bond acceptors (Lipinski definition) is 4. The third-order valence-electron chi connectivity index (χ3n) is 3.82. The number of aryl methyl sites for hydroxylation is 1. The maximum Gasteiger partial charge on any atom is 0.129 e. The van der Waals surface area contributed by atoms with Crippen molar-refractivity contribution in [2.75, 3.05) is 37.8 Å². The number of morpholine rings is 1. The monoisotopic (exact) mass is 340 g/mol. The van der Waals surface area contributed by atoms with Crippen molar-refractivity contribution in [2.45, 2.75) is 25.9 Å². The third kappa shape index (κ3) is 3.71. The lowest BCUT2D eigenvalue weighted by molar-refractivity contribution is -0.0259. The standard InChI is InChI=1S/C15H21BrN2O2/c1-11-14(16)4-5-15(17-11)18-6-7-20-13(8-18)10-19-9-12-2-3-12/h4-5,12-13H,2-3,6-10H2,1H3/t13-/m1/s1. The third-order valence-corrected chi connectivity index (χ3v) is 4.66. The predicted octanol–water partition coefficient (Wildman–Crippen LogP) is 2.78. The number of anilines is 1. The Morgan fingerprint density at radius 1 is 1.40 bits per heavy atom. The summed E-state index contributed by atoms with van der Waals surface area (Å²) in [7, 11) is 0. The molecule has 20 heavy (non-hydrogen) atoms. The summed E-state index contributed by atoms with van der Waals surface area (Å²) >= 11 is 3.49. The normalized spacial score (nSPS) is 23.1. The average molecular weight is 341 g/mol. The summed E-state index contributed by atoms with van der Waals surface area (Å²) in [6.07, 6.45) is 2.83. The van der Waals surface area contributed by atoms with E-state index in [1.165, 1.54) is 12.8 Å². The molecule has 2 fully saturated rings. The van der Waals surface area contributed by atoms with Gasteiger partial charge in [0, 0.05) is 24.2 Å². The highest BCUT2D eigenvalue weighted by atomic mass is 79.9. The molecular formula is C15H21BrN2O2. The molecule has 1 aromatic rings. The minimum Gasteiger partial charge on any atom is -0.378 e. The molecule has 0 spiro atoms. The van der Waals surface area contributed by atoms with Crippen LogP contribution in [0.25, 0.3) is 0 Å². The van der Waals surface area contributed by atoms with Crippen LogP contribution in [-0.4, -0.2) is 44.0 Å². The molecule has 110 valence electrons. The molecule has 1 aliphatic heterocycles. The summed E-state index contributed by atoms with van der Waals surface area (Å²) in [5, 5.41) is 0. The lowest BCUT2D eigenvalue weighted by atomic mass is 10.2. The van der Waals surface area contributed by atoms with E-state index in [1.807, 2.05) is 6.92 Å². The van der Waals surface area contributed by atoms with Crippen molar-refractivity contribution in [2.24, 2.45) is 5.92 Å². The Kier molecular flexibility index (Phi) is 4.58. The van der Waals surface area contributed by atoms with E-state index < -0.39 is 0 Å². The number of rotatable bonds is 5. The second-order valence-electron chi connectivity index (χ2n) is 5.66. The van der Waals surface area contributed by atoms with Crippen molar-refractivity contribution in [1.29, 1.82) is 0 Å². The summed E-state index contributed by atoms with van der Waals surface area (Å²) in [4.78, 5) is 6.92. The zero-order valence-corrected chi connectivity index (χ0v) is 13.4. The van der Waals surface area contributed by atoms with E-state index in [2.05, 4.69) is 37.9 Å². The van der Waals surface area contributed by atoms with Gasteiger partial charge in [0.15, 0.2) is 0 Å². The van der Waals surface area contributed by atoms with E-state index in [0.29, 0.717) is 6.61 Å². The molecule has 0 bridgehead atoms. The van der Waals surface area contributed by atoms with E-state index >= 15 is 0 Å². The molecule has 4 nitrogen and oxygen atoms in total. The van der Waals surface area contributed by atoms with Crippen LogP contribution < -0.4 is 4.90 Å². The summed E-state index contributed by atoms with van der Waals surface area (Å²) in [6, 6.07) is 4.12. The van der Waals surface area contributed by atoms with Crippen LogP contribution >= 0.6 is 15.9 Å². The molecular weight excluding hydrogens is 320 g/mol. The van der Waals surface area contributed by atoms with Crippen LogP contribution in [0.3, 0.4) is 0 Å². The number of halogens is 1. The molecule has 0 N–H and O–H groups in total. The minimum absolute atomic E-state index is 0.160. The van der Waals surface area contributed by atoms with Crippen LogP contribution in [-0.2, 0) is 9.47 Å². The molecule has 1 aromatic heterocycles. The second kappa shape index (κ2) is 6.41. The van der Waals surface area contributed by atoms with Gasteiger partial charge in [-0.3, -0.25) is 0 Å². The molecule has 1 saturated carbocycles. The van der Waals surface area contributed by atoms with Crippen LogP contribution in [0.5, 0.6) is 0 Å². The fourth-order valence-corrected chi connectivity index (χ4v) is 2.61. The zero-order chi connectivity index (χ0) is 13.9. The largest absolute Gasteiger partial charge is 0.378 e. The van der Waals surface area contributed by atoms with Gasteiger partial charge in [-0.25, -0.2) is 4.98 Å². The van der Waals surface area contributed by atoms with Gasteiger partial charge in [0.05, 0.1) is 25.0 Å². The van der Waals surface area contributed by atoms with Crippen molar-refractivity contribution in [1.82, 2.24) is 4.98 Å². The summed E-state index contributed by atoms with van der Waals surface area (Å²) < 4.78 is 12.6. The van der Waals surface area contributed by atoms with Crippen molar-refractivity contribution in [3.8, 4) is 0 Å². The number of pyridine rings is 1. The fourth-order valence-electron chi connectivity index (χ4n) is 2.39. The highest BCUT2D eigenvalue weighted by Gasteiger charge is 2.24. The molecule has 2 aliphatic rings. The topological polar surface area (TPSA) is 34.6 Å². The first-order valence-corrected chi connectivity index (χ1v) is 8.09. The summed E-state index contributed by atoms with van der Waals surface area (Å²) in [6.45, 7) is 6.11. The van der Waals surface area contributed by atoms with E-state index in [-0.39, 0.29) is 6.10 Å². The highest BCUT2D eigenvalue weighted by molar-refractivity contribution is 9.10. The molecule has 3 rings (SSSR count). The van der Waals surface area contributed by atoms with E-state index in [9.17, 15) is 0 Å². The zero-order valence-electron chi connectivity index (χ0n) is 11.8.